The lowest BCUT2D eigenvalue weighted by atomic mass is 10.2. The molecule has 8 heteroatoms. The summed E-state index contributed by atoms with van der Waals surface area (Å²) >= 11 is 5.10. The van der Waals surface area contributed by atoms with Gasteiger partial charge in [0.05, 0.1) is 11.6 Å². The number of thiazole rings is 1. The van der Waals surface area contributed by atoms with Gasteiger partial charge in [-0.1, -0.05) is 22.9 Å². The molecule has 25 heavy (non-hydrogen) atoms. The summed E-state index contributed by atoms with van der Waals surface area (Å²) in [5.74, 6) is 0.442. The molecule has 0 bridgehead atoms. The van der Waals surface area contributed by atoms with Gasteiger partial charge in [0.1, 0.15) is 5.82 Å². The van der Waals surface area contributed by atoms with E-state index in [0.29, 0.717) is 11.5 Å². The number of guanidine groups is 1. The third kappa shape index (κ3) is 7.57. The highest BCUT2D eigenvalue weighted by Gasteiger charge is 2.04. The molecule has 1 aromatic heterocycles. The van der Waals surface area contributed by atoms with Crippen LogP contribution < -0.4 is 10.6 Å². The van der Waals surface area contributed by atoms with Crippen LogP contribution in [0.1, 0.15) is 29.3 Å². The van der Waals surface area contributed by atoms with E-state index in [2.05, 4.69) is 43.5 Å². The molecule has 1 aromatic carbocycles. The number of aliphatic imine (C=N–C) groups is 1. The van der Waals surface area contributed by atoms with Crippen molar-refractivity contribution in [3.05, 3.63) is 50.1 Å². The van der Waals surface area contributed by atoms with Gasteiger partial charge in [0, 0.05) is 40.6 Å². The summed E-state index contributed by atoms with van der Waals surface area (Å²) < 4.78 is 14.6. The Morgan fingerprint density at radius 1 is 1.32 bits per heavy atom. The summed E-state index contributed by atoms with van der Waals surface area (Å²) in [6, 6.07) is 4.89. The number of aromatic nitrogens is 1. The lowest BCUT2D eigenvalue weighted by Crippen LogP contribution is -2.38. The van der Waals surface area contributed by atoms with Crippen molar-refractivity contribution in [1.82, 2.24) is 15.6 Å². The molecule has 2 rings (SSSR count). The summed E-state index contributed by atoms with van der Waals surface area (Å²) in [5, 5.41) is 7.57. The van der Waals surface area contributed by atoms with E-state index in [-0.39, 0.29) is 36.3 Å². The molecule has 0 unspecified atom stereocenters. The first-order valence-electron chi connectivity index (χ1n) is 8.02. The van der Waals surface area contributed by atoms with Crippen molar-refractivity contribution < 1.29 is 4.39 Å². The summed E-state index contributed by atoms with van der Waals surface area (Å²) in [4.78, 5) is 10.2. The SMILES string of the molecule is CCNC(=NCc1cc(Br)ccc1F)NCCc1ncc(CC)s1.I. The van der Waals surface area contributed by atoms with Crippen LogP contribution in [0.2, 0.25) is 0 Å². The zero-order valence-corrected chi connectivity index (χ0v) is 19.0. The molecular weight excluding hydrogens is 518 g/mol. The second-order valence-corrected chi connectivity index (χ2v) is 7.30. The molecular formula is C17H23BrFIN4S. The number of aryl methyl sites for hydroxylation is 1. The summed E-state index contributed by atoms with van der Waals surface area (Å²) in [7, 11) is 0. The molecule has 0 saturated carbocycles. The maximum absolute atomic E-state index is 13.8. The number of benzene rings is 1. The second-order valence-electron chi connectivity index (χ2n) is 5.18. The molecule has 0 aliphatic carbocycles. The smallest absolute Gasteiger partial charge is 0.191 e. The summed E-state index contributed by atoms with van der Waals surface area (Å²) in [5.41, 5.74) is 0.564. The van der Waals surface area contributed by atoms with Crippen LogP contribution in [0.4, 0.5) is 4.39 Å². The fourth-order valence-corrected chi connectivity index (χ4v) is 3.36. The van der Waals surface area contributed by atoms with Gasteiger partial charge in [-0.15, -0.1) is 35.3 Å². The van der Waals surface area contributed by atoms with Crippen LogP contribution in [0.25, 0.3) is 0 Å². The molecule has 0 spiro atoms. The van der Waals surface area contributed by atoms with Crippen LogP contribution in [0.3, 0.4) is 0 Å². The Morgan fingerprint density at radius 3 is 2.80 bits per heavy atom. The van der Waals surface area contributed by atoms with Crippen LogP contribution in [0, 0.1) is 5.82 Å². The Morgan fingerprint density at radius 2 is 2.12 bits per heavy atom. The van der Waals surface area contributed by atoms with Crippen molar-refractivity contribution in [2.24, 2.45) is 4.99 Å². The van der Waals surface area contributed by atoms with Gasteiger partial charge < -0.3 is 10.6 Å². The van der Waals surface area contributed by atoms with E-state index in [4.69, 9.17) is 0 Å². The highest BCUT2D eigenvalue weighted by molar-refractivity contribution is 14.0. The average molecular weight is 541 g/mol. The van der Waals surface area contributed by atoms with Crippen LogP contribution in [-0.4, -0.2) is 24.0 Å². The number of hydrogen-bond acceptors (Lipinski definition) is 3. The number of hydrogen-bond donors (Lipinski definition) is 2. The molecule has 0 radical (unpaired) electrons. The highest BCUT2D eigenvalue weighted by atomic mass is 127. The average Bonchev–Trinajstić information content (AvgIpc) is 3.03. The lowest BCUT2D eigenvalue weighted by Gasteiger charge is -2.11. The minimum Gasteiger partial charge on any atom is -0.357 e. The van der Waals surface area contributed by atoms with Crippen LogP contribution >= 0.6 is 51.2 Å². The molecule has 0 atom stereocenters. The van der Waals surface area contributed by atoms with Gasteiger partial charge in [-0.2, -0.15) is 0 Å². The van der Waals surface area contributed by atoms with Gasteiger partial charge in [-0.3, -0.25) is 0 Å². The summed E-state index contributed by atoms with van der Waals surface area (Å²) in [6.07, 6.45) is 3.81. The maximum atomic E-state index is 13.8. The molecule has 4 nitrogen and oxygen atoms in total. The van der Waals surface area contributed by atoms with Crippen LogP contribution in [0.5, 0.6) is 0 Å². The molecule has 0 aliphatic rings. The van der Waals surface area contributed by atoms with Crippen LogP contribution in [-0.2, 0) is 19.4 Å². The topological polar surface area (TPSA) is 49.3 Å². The van der Waals surface area contributed by atoms with E-state index in [1.807, 2.05) is 13.1 Å². The molecule has 0 saturated heterocycles. The fourth-order valence-electron chi connectivity index (χ4n) is 2.09. The zero-order chi connectivity index (χ0) is 17.4. The first-order chi connectivity index (χ1) is 11.6. The predicted octanol–water partition coefficient (Wildman–Crippen LogP) is 4.52. The van der Waals surface area contributed by atoms with Crippen molar-refractivity contribution in [3.63, 3.8) is 0 Å². The molecule has 0 amide bonds. The van der Waals surface area contributed by atoms with Gasteiger partial charge in [-0.25, -0.2) is 14.4 Å². The Bertz CT molecular complexity index is 693. The van der Waals surface area contributed by atoms with E-state index < -0.39 is 0 Å². The van der Waals surface area contributed by atoms with Crippen molar-refractivity contribution in [3.8, 4) is 0 Å². The second kappa shape index (κ2) is 11.8. The Hall–Kier alpha value is -0.740. The fraction of sp³-hybridized carbons (Fsp3) is 0.412. The van der Waals surface area contributed by atoms with Gasteiger partial charge >= 0.3 is 0 Å². The molecule has 2 aromatic rings. The van der Waals surface area contributed by atoms with Gasteiger partial charge in [0.25, 0.3) is 0 Å². The normalized spacial score (nSPS) is 11.1. The molecule has 0 fully saturated rings. The summed E-state index contributed by atoms with van der Waals surface area (Å²) in [6.45, 7) is 5.92. The number of nitrogens with zero attached hydrogens (tertiary/aromatic N) is 2. The van der Waals surface area contributed by atoms with E-state index in [9.17, 15) is 4.39 Å². The third-order valence-corrected chi connectivity index (χ3v) is 5.04. The van der Waals surface area contributed by atoms with Crippen molar-refractivity contribution in [2.45, 2.75) is 33.2 Å². The molecule has 138 valence electrons. The van der Waals surface area contributed by atoms with Gasteiger partial charge in [0.2, 0.25) is 0 Å². The van der Waals surface area contributed by atoms with Crippen molar-refractivity contribution in [1.29, 1.82) is 0 Å². The lowest BCUT2D eigenvalue weighted by molar-refractivity contribution is 0.610. The first kappa shape index (κ1) is 22.3. The Kier molecular flexibility index (Phi) is 10.5. The number of nitrogens with one attached hydrogen (secondary N) is 2. The standard InChI is InChI=1S/C17H22BrFN4S.HI/c1-3-14-11-22-16(24-14)7-8-21-17(20-4-2)23-10-12-9-13(18)5-6-15(12)19;/h5-6,9,11H,3-4,7-8,10H2,1-2H3,(H2,20,21,23);1H. The van der Waals surface area contributed by atoms with E-state index in [0.717, 1.165) is 35.4 Å². The highest BCUT2D eigenvalue weighted by Crippen LogP contribution is 2.16. The zero-order valence-electron chi connectivity index (χ0n) is 14.3. The van der Waals surface area contributed by atoms with Crippen LogP contribution in [0.15, 0.2) is 33.9 Å². The molecule has 1 heterocycles. The van der Waals surface area contributed by atoms with Gasteiger partial charge in [0.15, 0.2) is 5.96 Å². The van der Waals surface area contributed by atoms with Crippen molar-refractivity contribution >= 4 is 57.2 Å². The Balaban J connectivity index is 0.00000312. The van der Waals surface area contributed by atoms with E-state index in [1.54, 1.807) is 23.5 Å². The minimum atomic E-state index is -0.243. The monoisotopic (exact) mass is 540 g/mol. The molecule has 2 N–H and O–H groups in total. The number of halogens is 3. The van der Waals surface area contributed by atoms with E-state index in [1.165, 1.54) is 10.9 Å². The maximum Gasteiger partial charge on any atom is 0.191 e. The quantitative estimate of drug-likeness (QED) is 0.308. The van der Waals surface area contributed by atoms with Gasteiger partial charge in [-0.05, 0) is 31.5 Å². The number of rotatable bonds is 7. The molecule has 0 aliphatic heterocycles. The first-order valence-corrected chi connectivity index (χ1v) is 9.63. The third-order valence-electron chi connectivity index (χ3n) is 3.34. The largest absolute Gasteiger partial charge is 0.357 e. The van der Waals surface area contributed by atoms with E-state index >= 15 is 0 Å². The van der Waals surface area contributed by atoms with Crippen molar-refractivity contribution in [2.75, 3.05) is 13.1 Å². The predicted molar refractivity (Wildman–Crippen MR) is 118 cm³/mol. The minimum absolute atomic E-state index is 0. The Labute approximate surface area is 177 Å².